The molecule has 90 valence electrons. The first-order chi connectivity index (χ1) is 7.15. The average Bonchev–Trinajstić information content (AvgIpc) is 2.20. The lowest BCUT2D eigenvalue weighted by atomic mass is 9.79. The number of hydrogen-bond acceptors (Lipinski definition) is 3. The third-order valence-electron chi connectivity index (χ3n) is 3.45. The van der Waals surface area contributed by atoms with Crippen LogP contribution in [0.3, 0.4) is 0 Å². The molecule has 0 spiro atoms. The van der Waals surface area contributed by atoms with Gasteiger partial charge in [-0.25, -0.2) is 0 Å². The molecule has 0 aromatic rings. The third-order valence-corrected chi connectivity index (χ3v) is 4.82. The second-order valence-corrected chi connectivity index (χ2v) is 6.23. The molecule has 1 fully saturated rings. The zero-order chi connectivity index (χ0) is 11.3. The van der Waals surface area contributed by atoms with Gasteiger partial charge in [-0.1, -0.05) is 13.8 Å². The fourth-order valence-corrected chi connectivity index (χ4v) is 3.60. The largest absolute Gasteiger partial charge is 0.384 e. The fraction of sp³-hybridized carbons (Fsp3) is 1.00. The predicted molar refractivity (Wildman–Crippen MR) is 68.3 cm³/mol. The Labute approximate surface area is 98.3 Å². The molecule has 0 aromatic heterocycles. The Morgan fingerprint density at radius 1 is 1.40 bits per heavy atom. The first kappa shape index (κ1) is 13.3. The molecular formula is C12H25NOS. The Hall–Kier alpha value is 0.270. The van der Waals surface area contributed by atoms with Crippen LogP contribution in [0.5, 0.6) is 0 Å². The van der Waals surface area contributed by atoms with Crippen molar-refractivity contribution in [3.63, 3.8) is 0 Å². The third kappa shape index (κ3) is 4.33. The van der Waals surface area contributed by atoms with Crippen molar-refractivity contribution in [3.05, 3.63) is 0 Å². The number of rotatable bonds is 5. The summed E-state index contributed by atoms with van der Waals surface area (Å²) in [6.07, 6.45) is 3.82. The van der Waals surface area contributed by atoms with Gasteiger partial charge in [0.25, 0.3) is 0 Å². The molecule has 3 heteroatoms. The Morgan fingerprint density at radius 3 is 2.73 bits per heavy atom. The summed E-state index contributed by atoms with van der Waals surface area (Å²) in [6.45, 7) is 5.51. The van der Waals surface area contributed by atoms with E-state index in [9.17, 15) is 0 Å². The molecule has 0 aliphatic heterocycles. The zero-order valence-corrected chi connectivity index (χ0v) is 11.1. The maximum Gasteiger partial charge on any atom is 0.0553 e. The first-order valence-corrected chi connectivity index (χ1v) is 7.06. The fourth-order valence-electron chi connectivity index (χ4n) is 2.26. The van der Waals surface area contributed by atoms with Crippen molar-refractivity contribution in [1.29, 1.82) is 0 Å². The maximum atomic E-state index is 6.16. The smallest absolute Gasteiger partial charge is 0.0553 e. The first-order valence-electron chi connectivity index (χ1n) is 6.01. The van der Waals surface area contributed by atoms with Crippen LogP contribution in [0.15, 0.2) is 0 Å². The summed E-state index contributed by atoms with van der Waals surface area (Å²) in [5.74, 6) is 2.77. The summed E-state index contributed by atoms with van der Waals surface area (Å²) in [5, 5.41) is 0.654. The van der Waals surface area contributed by atoms with Gasteiger partial charge >= 0.3 is 0 Å². The van der Waals surface area contributed by atoms with Crippen LogP contribution < -0.4 is 5.73 Å². The highest BCUT2D eigenvalue weighted by Gasteiger charge is 2.29. The van der Waals surface area contributed by atoms with Crippen molar-refractivity contribution < 1.29 is 4.74 Å². The average molecular weight is 231 g/mol. The summed E-state index contributed by atoms with van der Waals surface area (Å²) in [7, 11) is 1.76. The van der Waals surface area contributed by atoms with Crippen molar-refractivity contribution >= 4 is 11.8 Å². The lowest BCUT2D eigenvalue weighted by Gasteiger charge is -2.35. The Bertz CT molecular complexity index is 175. The van der Waals surface area contributed by atoms with Gasteiger partial charge in [0.2, 0.25) is 0 Å². The van der Waals surface area contributed by atoms with Crippen molar-refractivity contribution in [3.8, 4) is 0 Å². The van der Waals surface area contributed by atoms with E-state index >= 15 is 0 Å². The van der Waals surface area contributed by atoms with Crippen LogP contribution in [-0.4, -0.2) is 30.8 Å². The van der Waals surface area contributed by atoms with E-state index < -0.39 is 0 Å². The van der Waals surface area contributed by atoms with E-state index in [-0.39, 0.29) is 0 Å². The maximum absolute atomic E-state index is 6.16. The van der Waals surface area contributed by atoms with Gasteiger partial charge in [0, 0.05) is 24.2 Å². The van der Waals surface area contributed by atoms with Crippen LogP contribution in [0.1, 0.15) is 33.1 Å². The van der Waals surface area contributed by atoms with Crippen molar-refractivity contribution in [1.82, 2.24) is 0 Å². The van der Waals surface area contributed by atoms with Crippen LogP contribution in [-0.2, 0) is 4.74 Å². The van der Waals surface area contributed by atoms with Crippen LogP contribution in [0.4, 0.5) is 0 Å². The standard InChI is InChI=1S/C12H25NOS/c1-9(2)10-4-5-11(13)12(8-10)15-7-6-14-3/h9-12H,4-8,13H2,1-3H3. The molecule has 2 nitrogen and oxygen atoms in total. The topological polar surface area (TPSA) is 35.2 Å². The Morgan fingerprint density at radius 2 is 2.13 bits per heavy atom. The van der Waals surface area contributed by atoms with E-state index in [4.69, 9.17) is 10.5 Å². The Balaban J connectivity index is 2.32. The molecule has 1 aliphatic rings. The molecule has 0 bridgehead atoms. The van der Waals surface area contributed by atoms with Gasteiger partial charge in [0.05, 0.1) is 6.61 Å². The van der Waals surface area contributed by atoms with E-state index in [1.165, 1.54) is 19.3 Å². The van der Waals surface area contributed by atoms with E-state index in [0.29, 0.717) is 11.3 Å². The second-order valence-electron chi connectivity index (χ2n) is 4.88. The molecule has 3 atom stereocenters. The Kier molecular flexibility index (Phi) is 6.02. The summed E-state index contributed by atoms with van der Waals surface area (Å²) >= 11 is 2.00. The summed E-state index contributed by atoms with van der Waals surface area (Å²) in [5.41, 5.74) is 6.16. The molecule has 1 aliphatic carbocycles. The molecule has 1 saturated carbocycles. The normalized spacial score (nSPS) is 32.2. The van der Waals surface area contributed by atoms with Gasteiger partial charge in [-0.2, -0.15) is 11.8 Å². The lowest BCUT2D eigenvalue weighted by Crippen LogP contribution is -2.39. The van der Waals surface area contributed by atoms with Crippen molar-refractivity contribution in [2.24, 2.45) is 17.6 Å². The van der Waals surface area contributed by atoms with Gasteiger partial charge in [0.1, 0.15) is 0 Å². The number of methoxy groups -OCH3 is 1. The van der Waals surface area contributed by atoms with Crippen LogP contribution in [0.25, 0.3) is 0 Å². The van der Waals surface area contributed by atoms with Crippen LogP contribution in [0.2, 0.25) is 0 Å². The van der Waals surface area contributed by atoms with Crippen molar-refractivity contribution in [2.45, 2.75) is 44.4 Å². The highest BCUT2D eigenvalue weighted by molar-refractivity contribution is 7.99. The summed E-state index contributed by atoms with van der Waals surface area (Å²) in [4.78, 5) is 0. The minimum Gasteiger partial charge on any atom is -0.384 e. The van der Waals surface area contributed by atoms with Crippen LogP contribution in [0, 0.1) is 11.8 Å². The van der Waals surface area contributed by atoms with Gasteiger partial charge in [-0.3, -0.25) is 0 Å². The number of thioether (sulfide) groups is 1. The molecule has 0 saturated heterocycles. The van der Waals surface area contributed by atoms with Crippen LogP contribution >= 0.6 is 11.8 Å². The van der Waals surface area contributed by atoms with Gasteiger partial charge in [-0.15, -0.1) is 0 Å². The molecule has 0 amide bonds. The quantitative estimate of drug-likeness (QED) is 0.739. The molecule has 1 rings (SSSR count). The summed E-state index contributed by atoms with van der Waals surface area (Å²) < 4.78 is 5.08. The number of hydrogen-bond donors (Lipinski definition) is 1. The number of nitrogens with two attached hydrogens (primary N) is 1. The van der Waals surface area contributed by atoms with E-state index in [1.54, 1.807) is 7.11 Å². The number of ether oxygens (including phenoxy) is 1. The zero-order valence-electron chi connectivity index (χ0n) is 10.2. The molecule has 0 aromatic carbocycles. The van der Waals surface area contributed by atoms with Gasteiger partial charge in [-0.05, 0) is 31.1 Å². The van der Waals surface area contributed by atoms with E-state index in [2.05, 4.69) is 13.8 Å². The monoisotopic (exact) mass is 231 g/mol. The predicted octanol–water partition coefficient (Wildman–Crippen LogP) is 2.52. The lowest BCUT2D eigenvalue weighted by molar-refractivity contribution is 0.218. The minimum atomic E-state index is 0.404. The highest BCUT2D eigenvalue weighted by Crippen LogP contribution is 2.35. The van der Waals surface area contributed by atoms with E-state index in [1.807, 2.05) is 11.8 Å². The van der Waals surface area contributed by atoms with Gasteiger partial charge in [0.15, 0.2) is 0 Å². The van der Waals surface area contributed by atoms with E-state index in [0.717, 1.165) is 24.2 Å². The second kappa shape index (κ2) is 6.77. The minimum absolute atomic E-state index is 0.404. The molecular weight excluding hydrogens is 206 g/mol. The summed E-state index contributed by atoms with van der Waals surface area (Å²) in [6, 6.07) is 0.404. The molecule has 3 unspecified atom stereocenters. The molecule has 15 heavy (non-hydrogen) atoms. The SMILES string of the molecule is COCCSC1CC(C(C)C)CCC1N. The van der Waals surface area contributed by atoms with Gasteiger partial charge < -0.3 is 10.5 Å². The van der Waals surface area contributed by atoms with Crippen molar-refractivity contribution in [2.75, 3.05) is 19.5 Å². The molecule has 0 radical (unpaired) electrons. The molecule has 0 heterocycles. The molecule has 2 N–H and O–H groups in total. The highest BCUT2D eigenvalue weighted by atomic mass is 32.2.